The van der Waals surface area contributed by atoms with Gasteiger partial charge in [0, 0.05) is 18.1 Å². The fourth-order valence-corrected chi connectivity index (χ4v) is 4.69. The molecular weight excluding hydrogens is 402 g/mol. The lowest BCUT2D eigenvalue weighted by Crippen LogP contribution is -2.38. The molecule has 6 nitrogen and oxygen atoms in total. The van der Waals surface area contributed by atoms with E-state index < -0.39 is 16.1 Å². The molecule has 166 valence electrons. The minimum absolute atomic E-state index is 0.0151. The maximum atomic E-state index is 12.7. The molecule has 1 aromatic carbocycles. The molecule has 1 fully saturated rings. The van der Waals surface area contributed by atoms with Gasteiger partial charge in [0.25, 0.3) is 0 Å². The lowest BCUT2D eigenvalue weighted by atomic mass is 9.77. The molecule has 7 heteroatoms. The SMILES string of the molecule is CCOC(=O)[C@H]1CC[C@H]([C@@H]2C/C(=N\[S@+]([O-])C(C)(C)C)c3ccc(OC)cc3O2)CC1. The Kier molecular flexibility index (Phi) is 7.34. The van der Waals surface area contributed by atoms with Gasteiger partial charge in [0.05, 0.1) is 19.6 Å². The average molecular weight is 436 g/mol. The van der Waals surface area contributed by atoms with E-state index in [1.54, 1.807) is 7.11 Å². The van der Waals surface area contributed by atoms with Gasteiger partial charge in [0.2, 0.25) is 0 Å². The van der Waals surface area contributed by atoms with Crippen molar-refractivity contribution in [3.8, 4) is 11.5 Å². The highest BCUT2D eigenvalue weighted by molar-refractivity contribution is 7.91. The summed E-state index contributed by atoms with van der Waals surface area (Å²) in [4.78, 5) is 12.1. The summed E-state index contributed by atoms with van der Waals surface area (Å²) in [5, 5.41) is 0. The van der Waals surface area contributed by atoms with Gasteiger partial charge >= 0.3 is 5.97 Å². The van der Waals surface area contributed by atoms with Gasteiger partial charge in [-0.1, -0.05) is 4.40 Å². The third kappa shape index (κ3) is 5.30. The number of benzene rings is 1. The molecule has 0 radical (unpaired) electrons. The number of rotatable bonds is 5. The van der Waals surface area contributed by atoms with Gasteiger partial charge in [-0.25, -0.2) is 0 Å². The molecule has 0 spiro atoms. The highest BCUT2D eigenvalue weighted by Gasteiger charge is 2.37. The summed E-state index contributed by atoms with van der Waals surface area (Å²) in [5.74, 6) is 1.67. The fourth-order valence-electron chi connectivity index (χ4n) is 4.04. The standard InChI is InChI=1S/C23H33NO5S/c1-6-28-22(25)16-9-7-15(8-10-16)20-14-19(24-30(26)23(2,3)4)18-12-11-17(27-5)13-21(18)29-20/h11-13,15-16,20H,6-10,14H2,1-5H3/b24-19+/t15-,16-,20-,30+/m0/s1. The Morgan fingerprint density at radius 3 is 2.57 bits per heavy atom. The summed E-state index contributed by atoms with van der Waals surface area (Å²) in [5.41, 5.74) is 1.70. The summed E-state index contributed by atoms with van der Waals surface area (Å²) in [7, 11) is 1.63. The van der Waals surface area contributed by atoms with Gasteiger partial charge in [0.15, 0.2) is 0 Å². The van der Waals surface area contributed by atoms with Gasteiger partial charge in [-0.05, 0) is 71.4 Å². The van der Waals surface area contributed by atoms with E-state index in [1.165, 1.54) is 0 Å². The molecule has 0 aromatic heterocycles. The lowest BCUT2D eigenvalue weighted by molar-refractivity contribution is -0.149. The Balaban J connectivity index is 1.80. The van der Waals surface area contributed by atoms with Crippen molar-refractivity contribution < 1.29 is 23.6 Å². The largest absolute Gasteiger partial charge is 0.591 e. The first-order valence-electron chi connectivity index (χ1n) is 10.7. The quantitative estimate of drug-likeness (QED) is 0.504. The molecule has 0 N–H and O–H groups in total. The predicted molar refractivity (Wildman–Crippen MR) is 119 cm³/mol. The summed E-state index contributed by atoms with van der Waals surface area (Å²) in [6, 6.07) is 5.69. The summed E-state index contributed by atoms with van der Waals surface area (Å²) >= 11 is -1.34. The maximum absolute atomic E-state index is 12.7. The van der Waals surface area contributed by atoms with Crippen LogP contribution in [-0.4, -0.2) is 40.8 Å². The van der Waals surface area contributed by atoms with E-state index in [0.29, 0.717) is 18.9 Å². The first-order valence-corrected chi connectivity index (χ1v) is 11.8. The second-order valence-electron chi connectivity index (χ2n) is 8.99. The molecule has 0 amide bonds. The van der Waals surface area contributed by atoms with Crippen LogP contribution >= 0.6 is 0 Å². The number of methoxy groups -OCH3 is 1. The smallest absolute Gasteiger partial charge is 0.308 e. The third-order valence-corrected chi connectivity index (χ3v) is 7.24. The van der Waals surface area contributed by atoms with Crippen LogP contribution in [0.5, 0.6) is 11.5 Å². The van der Waals surface area contributed by atoms with Crippen molar-refractivity contribution in [2.45, 2.75) is 70.7 Å². The molecule has 2 atom stereocenters. The normalized spacial score (nSPS) is 26.5. The molecule has 30 heavy (non-hydrogen) atoms. The van der Waals surface area contributed by atoms with Crippen LogP contribution in [0.3, 0.4) is 0 Å². The first-order chi connectivity index (χ1) is 14.2. The molecule has 1 aliphatic carbocycles. The van der Waals surface area contributed by atoms with Crippen LogP contribution in [0.15, 0.2) is 22.6 Å². The van der Waals surface area contributed by atoms with Gasteiger partial charge in [-0.3, -0.25) is 4.79 Å². The number of hydrogen-bond donors (Lipinski definition) is 0. The van der Waals surface area contributed by atoms with Crippen molar-refractivity contribution in [1.29, 1.82) is 0 Å². The second-order valence-corrected chi connectivity index (χ2v) is 10.9. The number of carbonyl (C=O) groups is 1. The Hall–Kier alpha value is -1.73. The van der Waals surface area contributed by atoms with Gasteiger partial charge < -0.3 is 18.8 Å². The topological polar surface area (TPSA) is 80.2 Å². The maximum Gasteiger partial charge on any atom is 0.308 e. The molecule has 1 heterocycles. The van der Waals surface area contributed by atoms with Crippen molar-refractivity contribution in [2.75, 3.05) is 13.7 Å². The Labute approximate surface area is 182 Å². The van der Waals surface area contributed by atoms with E-state index in [4.69, 9.17) is 14.2 Å². The summed E-state index contributed by atoms with van der Waals surface area (Å²) < 4.78 is 33.9. The van der Waals surface area contributed by atoms with Crippen LogP contribution in [0.25, 0.3) is 0 Å². The molecule has 0 saturated heterocycles. The van der Waals surface area contributed by atoms with Crippen LogP contribution in [-0.2, 0) is 20.9 Å². The van der Waals surface area contributed by atoms with E-state index in [-0.39, 0.29) is 18.0 Å². The van der Waals surface area contributed by atoms with Crippen LogP contribution in [0.2, 0.25) is 0 Å². The van der Waals surface area contributed by atoms with Crippen LogP contribution in [0, 0.1) is 11.8 Å². The Bertz CT molecular complexity index is 780. The number of esters is 1. The van der Waals surface area contributed by atoms with Crippen LogP contribution < -0.4 is 9.47 Å². The summed E-state index contributed by atoms with van der Waals surface area (Å²) in [6.07, 6.45) is 4.01. The minimum Gasteiger partial charge on any atom is -0.591 e. The fraction of sp³-hybridized carbons (Fsp3) is 0.652. The molecule has 1 aliphatic heterocycles. The van der Waals surface area contributed by atoms with Crippen molar-refractivity contribution in [1.82, 2.24) is 0 Å². The highest BCUT2D eigenvalue weighted by Crippen LogP contribution is 2.40. The van der Waals surface area contributed by atoms with Crippen molar-refractivity contribution in [3.63, 3.8) is 0 Å². The Morgan fingerprint density at radius 2 is 1.97 bits per heavy atom. The zero-order valence-electron chi connectivity index (χ0n) is 18.6. The average Bonchev–Trinajstić information content (AvgIpc) is 2.72. The molecular formula is C23H33NO5S. The van der Waals surface area contributed by atoms with E-state index in [1.807, 2.05) is 45.9 Å². The molecule has 0 bridgehead atoms. The molecule has 1 aromatic rings. The number of fused-ring (bicyclic) bond motifs is 1. The van der Waals surface area contributed by atoms with E-state index in [2.05, 4.69) is 4.40 Å². The van der Waals surface area contributed by atoms with Gasteiger partial charge in [0.1, 0.15) is 39.4 Å². The lowest BCUT2D eigenvalue weighted by Gasteiger charge is -2.36. The van der Waals surface area contributed by atoms with Crippen LogP contribution in [0.1, 0.15) is 65.4 Å². The second kappa shape index (κ2) is 9.60. The monoisotopic (exact) mass is 435 g/mol. The third-order valence-electron chi connectivity index (χ3n) is 5.81. The van der Waals surface area contributed by atoms with Gasteiger partial charge in [-0.15, -0.1) is 0 Å². The van der Waals surface area contributed by atoms with Crippen LogP contribution in [0.4, 0.5) is 0 Å². The Morgan fingerprint density at radius 1 is 1.27 bits per heavy atom. The van der Waals surface area contributed by atoms with Crippen molar-refractivity contribution in [2.24, 2.45) is 16.2 Å². The van der Waals surface area contributed by atoms with Crippen molar-refractivity contribution >= 4 is 23.0 Å². The number of hydrogen-bond acceptors (Lipinski definition) is 6. The zero-order chi connectivity index (χ0) is 21.9. The van der Waals surface area contributed by atoms with Gasteiger partial charge in [-0.2, -0.15) is 0 Å². The van der Waals surface area contributed by atoms with E-state index in [9.17, 15) is 9.35 Å². The predicted octanol–water partition coefficient (Wildman–Crippen LogP) is 4.47. The molecule has 3 rings (SSSR count). The number of carbonyl (C=O) groups excluding carboxylic acids is 1. The summed E-state index contributed by atoms with van der Waals surface area (Å²) in [6.45, 7) is 8.04. The molecule has 1 saturated carbocycles. The molecule has 0 unspecified atom stereocenters. The highest BCUT2D eigenvalue weighted by atomic mass is 32.2. The zero-order valence-corrected chi connectivity index (χ0v) is 19.4. The molecule has 2 aliphatic rings. The minimum atomic E-state index is -1.34. The van der Waals surface area contributed by atoms with E-state index in [0.717, 1.165) is 48.5 Å². The van der Waals surface area contributed by atoms with Crippen molar-refractivity contribution in [3.05, 3.63) is 23.8 Å². The number of nitrogens with zero attached hydrogens (tertiary/aromatic N) is 1. The first kappa shape index (κ1) is 22.9. The van der Waals surface area contributed by atoms with E-state index >= 15 is 0 Å². The number of ether oxygens (including phenoxy) is 3.